The van der Waals surface area contributed by atoms with Gasteiger partial charge in [-0.3, -0.25) is 0 Å². The molecule has 3 aliphatic rings. The minimum atomic E-state index is -1.62. The molecule has 2 aliphatic heterocycles. The molecule has 0 amide bonds. The Labute approximate surface area is 188 Å². The highest BCUT2D eigenvalue weighted by molar-refractivity contribution is 5.89. The molecule has 33 heavy (non-hydrogen) atoms. The molecule has 0 unspecified atom stereocenters. The molecule has 6 N–H and O–H groups in total. The fourth-order valence-electron chi connectivity index (χ4n) is 4.26. The fraction of sp³-hybridized carbons (Fsp3) is 0.500. The van der Waals surface area contributed by atoms with Crippen molar-refractivity contribution in [2.75, 3.05) is 13.2 Å². The lowest BCUT2D eigenvalue weighted by molar-refractivity contribution is -0.339. The first-order chi connectivity index (χ1) is 15.8. The first-order valence-electron chi connectivity index (χ1n) is 10.4. The van der Waals surface area contributed by atoms with E-state index in [0.29, 0.717) is 5.57 Å². The Kier molecular flexibility index (Phi) is 7.00. The molecular weight excluding hydrogens is 440 g/mol. The number of aliphatic hydroxyl groups excluding tert-OH is 5. The first kappa shape index (κ1) is 23.6. The summed E-state index contributed by atoms with van der Waals surface area (Å²) in [5, 5.41) is 58.8. The van der Waals surface area contributed by atoms with E-state index < -0.39 is 67.5 Å². The zero-order chi connectivity index (χ0) is 23.7. The normalized spacial score (nSPS) is 37.7. The van der Waals surface area contributed by atoms with Crippen LogP contribution in [-0.2, 0) is 18.9 Å². The number of ether oxygens (including phenoxy) is 4. The highest BCUT2D eigenvalue weighted by Crippen LogP contribution is 2.42. The van der Waals surface area contributed by atoms with Crippen molar-refractivity contribution in [2.24, 2.45) is 11.8 Å². The van der Waals surface area contributed by atoms with Gasteiger partial charge in [0, 0.05) is 5.92 Å². The van der Waals surface area contributed by atoms with E-state index in [1.165, 1.54) is 30.5 Å². The second kappa shape index (κ2) is 9.77. The molecule has 2 heterocycles. The first-order valence-corrected chi connectivity index (χ1v) is 10.4. The van der Waals surface area contributed by atoms with E-state index in [1.54, 1.807) is 12.2 Å². The van der Waals surface area contributed by atoms with Gasteiger partial charge in [0.25, 0.3) is 0 Å². The van der Waals surface area contributed by atoms with Gasteiger partial charge in [0.15, 0.2) is 6.29 Å². The fourth-order valence-corrected chi connectivity index (χ4v) is 4.26. The Hall–Kier alpha value is -2.51. The van der Waals surface area contributed by atoms with Crippen molar-refractivity contribution < 1.29 is 54.4 Å². The smallest absolute Gasteiger partial charge is 0.338 e. The topological polar surface area (TPSA) is 175 Å². The number of carbonyl (C=O) groups excluding carboxylic acids is 1. The average Bonchev–Trinajstić information content (AvgIpc) is 3.18. The molecule has 1 fully saturated rings. The third-order valence-electron chi connectivity index (χ3n) is 6.05. The maximum absolute atomic E-state index is 12.5. The summed E-state index contributed by atoms with van der Waals surface area (Å²) in [4.78, 5) is 12.5. The number of rotatable bonds is 6. The van der Waals surface area contributed by atoms with Crippen molar-refractivity contribution in [3.8, 4) is 5.75 Å². The number of aromatic hydroxyl groups is 1. The number of phenolic OH excluding ortho intramolecular Hbond substituents is 1. The van der Waals surface area contributed by atoms with Gasteiger partial charge in [0.1, 0.15) is 36.3 Å². The number of aliphatic hydroxyl groups is 5. The van der Waals surface area contributed by atoms with Gasteiger partial charge in [-0.15, -0.1) is 0 Å². The van der Waals surface area contributed by atoms with Crippen LogP contribution in [0.2, 0.25) is 0 Å². The van der Waals surface area contributed by atoms with E-state index >= 15 is 0 Å². The lowest BCUT2D eigenvalue weighted by atomic mass is 9.88. The van der Waals surface area contributed by atoms with Crippen molar-refractivity contribution in [1.29, 1.82) is 0 Å². The van der Waals surface area contributed by atoms with E-state index in [4.69, 9.17) is 18.9 Å². The van der Waals surface area contributed by atoms with Crippen molar-refractivity contribution in [2.45, 2.75) is 43.1 Å². The van der Waals surface area contributed by atoms with Gasteiger partial charge >= 0.3 is 5.97 Å². The summed E-state index contributed by atoms with van der Waals surface area (Å²) >= 11 is 0. The number of benzene rings is 1. The second-order valence-electron chi connectivity index (χ2n) is 8.09. The average molecular weight is 466 g/mol. The van der Waals surface area contributed by atoms with Gasteiger partial charge in [-0.05, 0) is 42.0 Å². The third-order valence-corrected chi connectivity index (χ3v) is 6.05. The molecule has 180 valence electrons. The Balaban J connectivity index is 1.49. The van der Waals surface area contributed by atoms with Crippen LogP contribution in [0.5, 0.6) is 5.75 Å². The summed E-state index contributed by atoms with van der Waals surface area (Å²) in [6.45, 7) is -0.987. The maximum atomic E-state index is 12.5. The van der Waals surface area contributed by atoms with Gasteiger partial charge in [-0.2, -0.15) is 0 Å². The molecule has 1 aromatic carbocycles. The SMILES string of the molecule is O=C(O[C@@H]1C=C(CO)[C@H]2[C@H](O[C@@H]3O[C@H](CO)[C@@H](O)[C@H](O)[C@H]3O)OC=C[C@@H]21)c1ccc(O)cc1. The molecule has 0 bridgehead atoms. The van der Waals surface area contributed by atoms with Crippen LogP contribution in [0.3, 0.4) is 0 Å². The largest absolute Gasteiger partial charge is 0.508 e. The lowest BCUT2D eigenvalue weighted by Gasteiger charge is -2.42. The molecule has 1 aliphatic carbocycles. The Bertz CT molecular complexity index is 896. The summed E-state index contributed by atoms with van der Waals surface area (Å²) in [5.74, 6) is -1.68. The quantitative estimate of drug-likeness (QED) is 0.219. The highest BCUT2D eigenvalue weighted by Gasteiger charge is 2.50. The van der Waals surface area contributed by atoms with Gasteiger partial charge in [0.05, 0.1) is 31.0 Å². The molecule has 1 aromatic rings. The summed E-state index contributed by atoms with van der Waals surface area (Å²) in [6.07, 6.45) is -4.61. The van der Waals surface area contributed by atoms with Gasteiger partial charge in [-0.25, -0.2) is 4.79 Å². The van der Waals surface area contributed by atoms with Crippen LogP contribution in [0.25, 0.3) is 0 Å². The predicted octanol–water partition coefficient (Wildman–Crippen LogP) is -1.23. The Morgan fingerprint density at radius 3 is 2.39 bits per heavy atom. The van der Waals surface area contributed by atoms with E-state index in [9.17, 15) is 35.4 Å². The molecular formula is C22H26O11. The minimum absolute atomic E-state index is 0.00971. The van der Waals surface area contributed by atoms with Crippen LogP contribution in [0.15, 0.2) is 48.3 Å². The Morgan fingerprint density at radius 2 is 1.73 bits per heavy atom. The van der Waals surface area contributed by atoms with E-state index in [0.717, 1.165) is 0 Å². The maximum Gasteiger partial charge on any atom is 0.338 e. The van der Waals surface area contributed by atoms with Crippen molar-refractivity contribution in [3.63, 3.8) is 0 Å². The molecule has 0 radical (unpaired) electrons. The number of hydrogen-bond acceptors (Lipinski definition) is 11. The van der Waals surface area contributed by atoms with Crippen LogP contribution >= 0.6 is 0 Å². The molecule has 0 spiro atoms. The van der Waals surface area contributed by atoms with Crippen LogP contribution in [0.1, 0.15) is 10.4 Å². The molecule has 9 atom stereocenters. The number of esters is 1. The summed E-state index contributed by atoms with van der Waals surface area (Å²) < 4.78 is 22.3. The van der Waals surface area contributed by atoms with Crippen LogP contribution < -0.4 is 0 Å². The highest BCUT2D eigenvalue weighted by atomic mass is 16.8. The predicted molar refractivity (Wildman–Crippen MR) is 108 cm³/mol. The summed E-state index contributed by atoms with van der Waals surface area (Å²) in [7, 11) is 0. The Morgan fingerprint density at radius 1 is 1.00 bits per heavy atom. The van der Waals surface area contributed by atoms with Gasteiger partial charge in [-0.1, -0.05) is 0 Å². The number of phenols is 1. The van der Waals surface area contributed by atoms with Crippen LogP contribution in [0.4, 0.5) is 0 Å². The van der Waals surface area contributed by atoms with Crippen LogP contribution in [0, 0.1) is 11.8 Å². The zero-order valence-electron chi connectivity index (χ0n) is 17.4. The van der Waals surface area contributed by atoms with Crippen molar-refractivity contribution in [1.82, 2.24) is 0 Å². The molecule has 11 nitrogen and oxygen atoms in total. The summed E-state index contributed by atoms with van der Waals surface area (Å²) in [6, 6.07) is 5.57. The van der Waals surface area contributed by atoms with E-state index in [1.807, 2.05) is 0 Å². The minimum Gasteiger partial charge on any atom is -0.508 e. The standard InChI is InChI=1S/C22H26O11/c23-8-11-7-14(31-20(29)10-1-3-12(25)4-2-10)13-5-6-30-21(16(11)13)33-22-19(28)18(27)17(26)15(9-24)32-22/h1-7,13-19,21-28H,8-9H2/t13-,14-,15-,16-,17-,18+,19-,21+,22+/m1/s1. The monoisotopic (exact) mass is 466 g/mol. The molecule has 1 saturated heterocycles. The second-order valence-corrected chi connectivity index (χ2v) is 8.09. The number of fused-ring (bicyclic) bond motifs is 1. The zero-order valence-corrected chi connectivity index (χ0v) is 17.4. The lowest BCUT2D eigenvalue weighted by Crippen LogP contribution is -2.60. The molecule has 11 heteroatoms. The van der Waals surface area contributed by atoms with Gasteiger partial charge < -0.3 is 49.6 Å². The van der Waals surface area contributed by atoms with Crippen LogP contribution in [-0.4, -0.2) is 92.9 Å². The molecule has 0 saturated carbocycles. The third kappa shape index (κ3) is 4.62. The van der Waals surface area contributed by atoms with Crippen molar-refractivity contribution >= 4 is 5.97 Å². The van der Waals surface area contributed by atoms with Crippen molar-refractivity contribution in [3.05, 3.63) is 53.8 Å². The van der Waals surface area contributed by atoms with E-state index in [-0.39, 0.29) is 17.9 Å². The van der Waals surface area contributed by atoms with E-state index in [2.05, 4.69) is 0 Å². The molecule has 4 rings (SSSR count). The number of carbonyl (C=O) groups is 1. The van der Waals surface area contributed by atoms with Gasteiger partial charge in [0.2, 0.25) is 6.29 Å². The number of hydrogen-bond donors (Lipinski definition) is 6. The summed E-state index contributed by atoms with van der Waals surface area (Å²) in [5.41, 5.74) is 0.711. The molecule has 0 aromatic heterocycles.